The number of carbonyl (C=O) groups excluding carboxylic acids is 1. The van der Waals surface area contributed by atoms with Gasteiger partial charge in [-0.1, -0.05) is 28.9 Å². The van der Waals surface area contributed by atoms with Crippen LogP contribution in [0.1, 0.15) is 11.3 Å². The molecule has 0 radical (unpaired) electrons. The highest BCUT2D eigenvalue weighted by Crippen LogP contribution is 2.23. The van der Waals surface area contributed by atoms with Crippen molar-refractivity contribution in [2.45, 2.75) is 20.4 Å². The zero-order chi connectivity index (χ0) is 19.4. The summed E-state index contributed by atoms with van der Waals surface area (Å²) in [6.45, 7) is 4.83. The van der Waals surface area contributed by atoms with Crippen LogP contribution in [0.15, 0.2) is 34.9 Å². The van der Waals surface area contributed by atoms with Crippen LogP contribution in [0.25, 0.3) is 23.0 Å². The first-order valence-corrected chi connectivity index (χ1v) is 8.68. The smallest absolute Gasteiger partial charge is 0.327 e. The number of nitrogens with zero attached hydrogens (tertiary/aromatic N) is 5. The van der Waals surface area contributed by atoms with Gasteiger partial charge in [-0.2, -0.15) is 10.1 Å². The minimum atomic E-state index is -0.361. The summed E-state index contributed by atoms with van der Waals surface area (Å²) >= 11 is 0. The van der Waals surface area contributed by atoms with Crippen molar-refractivity contribution >= 4 is 5.97 Å². The van der Waals surface area contributed by atoms with Crippen LogP contribution >= 0.6 is 0 Å². The van der Waals surface area contributed by atoms with Crippen LogP contribution < -0.4 is 0 Å². The number of hydrogen-bond donors (Lipinski definition) is 0. The Morgan fingerprint density at radius 2 is 2.07 bits per heavy atom. The lowest BCUT2D eigenvalue weighted by molar-refractivity contribution is -0.144. The Kier molecular flexibility index (Phi) is 5.66. The number of ether oxygens (including phenoxy) is 1. The molecule has 0 unspecified atom stereocenters. The molecule has 0 aliphatic heterocycles. The fourth-order valence-electron chi connectivity index (χ4n) is 2.58. The zero-order valence-electron chi connectivity index (χ0n) is 16.0. The third kappa shape index (κ3) is 4.79. The first-order valence-electron chi connectivity index (χ1n) is 8.68. The van der Waals surface area contributed by atoms with Gasteiger partial charge in [-0.05, 0) is 40.1 Å². The van der Waals surface area contributed by atoms with Crippen LogP contribution in [-0.4, -0.2) is 58.0 Å². The number of carbonyl (C=O) groups is 1. The first kappa shape index (κ1) is 18.8. The van der Waals surface area contributed by atoms with Crippen LogP contribution in [0.5, 0.6) is 0 Å². The maximum absolute atomic E-state index is 12.1. The molecule has 0 saturated carbocycles. The molecule has 0 amide bonds. The molecule has 0 N–H and O–H groups in total. The van der Waals surface area contributed by atoms with E-state index in [9.17, 15) is 4.79 Å². The number of likely N-dealkylation sites (N-methyl/N-ethyl adjacent to an activating group) is 1. The molecule has 3 rings (SSSR count). The fourth-order valence-corrected chi connectivity index (χ4v) is 2.58. The second kappa shape index (κ2) is 8.13. The summed E-state index contributed by atoms with van der Waals surface area (Å²) in [6.07, 6.45) is 0. The average Bonchev–Trinajstić information content (AvgIpc) is 3.21. The van der Waals surface area contributed by atoms with Crippen molar-refractivity contribution in [2.75, 3.05) is 27.2 Å². The number of hydrogen-bond acceptors (Lipinski definition) is 7. The fraction of sp³-hybridized carbons (Fsp3) is 0.368. The molecule has 3 aromatic rings. The Bertz CT molecular complexity index is 929. The van der Waals surface area contributed by atoms with Gasteiger partial charge in [-0.25, -0.2) is 4.68 Å². The second-order valence-corrected chi connectivity index (χ2v) is 6.64. The van der Waals surface area contributed by atoms with Gasteiger partial charge in [0, 0.05) is 12.1 Å². The highest BCUT2D eigenvalue weighted by atomic mass is 16.5. The molecule has 8 heteroatoms. The summed E-state index contributed by atoms with van der Waals surface area (Å²) in [4.78, 5) is 18.5. The number of rotatable bonds is 7. The van der Waals surface area contributed by atoms with E-state index in [0.29, 0.717) is 30.6 Å². The van der Waals surface area contributed by atoms with Gasteiger partial charge in [0.25, 0.3) is 5.89 Å². The standard InChI is InChI=1S/C19H23N5O3/c1-13-6-5-7-15(10-13)18-20-19(27-22-18)16-11-14(2)21-24(16)12-17(25)26-9-8-23(3)4/h5-7,10-11H,8-9,12H2,1-4H3. The van der Waals surface area contributed by atoms with Gasteiger partial charge in [0.05, 0.1) is 5.69 Å². The topological polar surface area (TPSA) is 86.3 Å². The van der Waals surface area contributed by atoms with E-state index in [4.69, 9.17) is 9.26 Å². The first-order chi connectivity index (χ1) is 12.9. The van der Waals surface area contributed by atoms with Gasteiger partial charge >= 0.3 is 5.97 Å². The zero-order valence-corrected chi connectivity index (χ0v) is 16.0. The Morgan fingerprint density at radius 3 is 2.81 bits per heavy atom. The maximum Gasteiger partial charge on any atom is 0.327 e. The van der Waals surface area contributed by atoms with E-state index in [1.165, 1.54) is 4.68 Å². The maximum atomic E-state index is 12.1. The molecule has 27 heavy (non-hydrogen) atoms. The molecule has 2 aromatic heterocycles. The molecule has 0 aliphatic rings. The van der Waals surface area contributed by atoms with Crippen molar-refractivity contribution in [3.05, 3.63) is 41.6 Å². The molecule has 0 atom stereocenters. The van der Waals surface area contributed by atoms with Crippen molar-refractivity contribution in [3.63, 3.8) is 0 Å². The number of esters is 1. The summed E-state index contributed by atoms with van der Waals surface area (Å²) in [6, 6.07) is 9.66. The molecule has 142 valence electrons. The van der Waals surface area contributed by atoms with Crippen LogP contribution in [0.3, 0.4) is 0 Å². The van der Waals surface area contributed by atoms with Crippen molar-refractivity contribution < 1.29 is 14.1 Å². The summed E-state index contributed by atoms with van der Waals surface area (Å²) in [5, 5.41) is 8.40. The summed E-state index contributed by atoms with van der Waals surface area (Å²) < 4.78 is 12.2. The van der Waals surface area contributed by atoms with Crippen LogP contribution in [0, 0.1) is 13.8 Å². The molecule has 8 nitrogen and oxygen atoms in total. The number of aryl methyl sites for hydroxylation is 2. The average molecular weight is 369 g/mol. The lowest BCUT2D eigenvalue weighted by atomic mass is 10.1. The molecule has 1 aromatic carbocycles. The molecular formula is C19H23N5O3. The van der Waals surface area contributed by atoms with E-state index in [0.717, 1.165) is 16.8 Å². The van der Waals surface area contributed by atoms with Gasteiger partial charge in [-0.3, -0.25) is 4.79 Å². The quantitative estimate of drug-likeness (QED) is 0.591. The van der Waals surface area contributed by atoms with E-state index < -0.39 is 0 Å². The normalized spacial score (nSPS) is 11.1. The predicted octanol–water partition coefficient (Wildman–Crippen LogP) is 2.32. The Labute approximate surface area is 157 Å². The molecule has 0 aliphatic carbocycles. The lowest BCUT2D eigenvalue weighted by Gasteiger charge is -2.10. The van der Waals surface area contributed by atoms with E-state index in [-0.39, 0.29) is 12.5 Å². The van der Waals surface area contributed by atoms with E-state index in [2.05, 4.69) is 15.2 Å². The highest BCUT2D eigenvalue weighted by molar-refractivity contribution is 5.70. The molecule has 2 heterocycles. The van der Waals surface area contributed by atoms with E-state index >= 15 is 0 Å². The van der Waals surface area contributed by atoms with Gasteiger partial charge < -0.3 is 14.2 Å². The van der Waals surface area contributed by atoms with E-state index in [1.54, 1.807) is 6.07 Å². The predicted molar refractivity (Wildman–Crippen MR) is 99.9 cm³/mol. The lowest BCUT2D eigenvalue weighted by Crippen LogP contribution is -2.22. The molecule has 0 saturated heterocycles. The Morgan fingerprint density at radius 1 is 1.26 bits per heavy atom. The second-order valence-electron chi connectivity index (χ2n) is 6.64. The summed E-state index contributed by atoms with van der Waals surface area (Å²) in [5.74, 6) is 0.445. The monoisotopic (exact) mass is 369 g/mol. The molecule has 0 fully saturated rings. The van der Waals surface area contributed by atoms with Crippen LogP contribution in [-0.2, 0) is 16.1 Å². The minimum absolute atomic E-state index is 0.0151. The SMILES string of the molecule is Cc1cccc(-c2noc(-c3cc(C)nn3CC(=O)OCCN(C)C)n2)c1. The molecule has 0 bridgehead atoms. The van der Waals surface area contributed by atoms with Gasteiger partial charge in [-0.15, -0.1) is 0 Å². The van der Waals surface area contributed by atoms with Gasteiger partial charge in [0.1, 0.15) is 18.8 Å². The minimum Gasteiger partial charge on any atom is -0.463 e. The van der Waals surface area contributed by atoms with Crippen molar-refractivity contribution in [1.29, 1.82) is 0 Å². The highest BCUT2D eigenvalue weighted by Gasteiger charge is 2.18. The largest absolute Gasteiger partial charge is 0.463 e. The Hall–Kier alpha value is -3.00. The number of aromatic nitrogens is 4. The third-order valence-electron chi connectivity index (χ3n) is 3.90. The van der Waals surface area contributed by atoms with Crippen LogP contribution in [0.4, 0.5) is 0 Å². The molecule has 0 spiro atoms. The van der Waals surface area contributed by atoms with Crippen LogP contribution in [0.2, 0.25) is 0 Å². The van der Waals surface area contributed by atoms with E-state index in [1.807, 2.05) is 57.1 Å². The van der Waals surface area contributed by atoms with Crippen molar-refractivity contribution in [1.82, 2.24) is 24.8 Å². The summed E-state index contributed by atoms with van der Waals surface area (Å²) in [7, 11) is 3.84. The Balaban J connectivity index is 1.77. The van der Waals surface area contributed by atoms with Gasteiger partial charge in [0.2, 0.25) is 5.82 Å². The van der Waals surface area contributed by atoms with Crippen molar-refractivity contribution in [3.8, 4) is 23.0 Å². The van der Waals surface area contributed by atoms with Gasteiger partial charge in [0.15, 0.2) is 0 Å². The van der Waals surface area contributed by atoms with Crippen molar-refractivity contribution in [2.24, 2.45) is 0 Å². The summed E-state index contributed by atoms with van der Waals surface area (Å²) in [5.41, 5.74) is 3.32. The number of benzene rings is 1. The molecular weight excluding hydrogens is 346 g/mol. The third-order valence-corrected chi connectivity index (χ3v) is 3.90.